The Labute approximate surface area is 110 Å². The van der Waals surface area contributed by atoms with Crippen LogP contribution >= 0.6 is 0 Å². The van der Waals surface area contributed by atoms with Crippen molar-refractivity contribution in [1.29, 1.82) is 0 Å². The van der Waals surface area contributed by atoms with Gasteiger partial charge in [0.1, 0.15) is 5.52 Å². The van der Waals surface area contributed by atoms with Gasteiger partial charge in [-0.05, 0) is 19.1 Å². The summed E-state index contributed by atoms with van der Waals surface area (Å²) in [6, 6.07) is 8.00. The van der Waals surface area contributed by atoms with E-state index >= 15 is 0 Å². The van der Waals surface area contributed by atoms with Crippen LogP contribution in [0.3, 0.4) is 0 Å². The first kappa shape index (κ1) is 12.0. The van der Waals surface area contributed by atoms with Crippen molar-refractivity contribution < 1.29 is 9.21 Å². The average molecular weight is 260 g/mol. The van der Waals surface area contributed by atoms with Crippen molar-refractivity contribution in [3.63, 3.8) is 0 Å². The predicted molar refractivity (Wildman–Crippen MR) is 71.3 cm³/mol. The van der Waals surface area contributed by atoms with E-state index in [0.29, 0.717) is 11.6 Å². The number of para-hydroxylation sites is 2. The zero-order valence-electron chi connectivity index (χ0n) is 10.8. The Hall–Kier alpha value is -2.08. The molecule has 1 aromatic carbocycles. The fraction of sp³-hybridized carbons (Fsp3) is 0.385. The first-order chi connectivity index (χ1) is 9.13. The molecule has 0 radical (unpaired) electrons. The van der Waals surface area contributed by atoms with Gasteiger partial charge in [0.15, 0.2) is 11.9 Å². The smallest absolute Gasteiger partial charge is 0.298 e. The zero-order valence-corrected chi connectivity index (χ0v) is 10.8. The Bertz CT molecular complexity index is 576. The molecule has 3 rings (SSSR count). The van der Waals surface area contributed by atoms with Crippen molar-refractivity contribution in [2.75, 3.05) is 5.32 Å². The number of hydrogen-bond donors (Lipinski definition) is 3. The number of oxazole rings is 1. The van der Waals surface area contributed by atoms with E-state index in [1.807, 2.05) is 38.1 Å². The van der Waals surface area contributed by atoms with Crippen LogP contribution in [0.2, 0.25) is 0 Å². The minimum absolute atomic E-state index is 0.0138. The van der Waals surface area contributed by atoms with Gasteiger partial charge in [0, 0.05) is 6.04 Å². The third-order valence-electron chi connectivity index (χ3n) is 3.44. The van der Waals surface area contributed by atoms with Crippen LogP contribution in [-0.4, -0.2) is 23.2 Å². The molecule has 1 aliphatic rings. The summed E-state index contributed by atoms with van der Waals surface area (Å²) in [4.78, 5) is 16.0. The van der Waals surface area contributed by atoms with Crippen molar-refractivity contribution in [3.8, 4) is 0 Å². The van der Waals surface area contributed by atoms with E-state index < -0.39 is 0 Å². The van der Waals surface area contributed by atoms with E-state index in [4.69, 9.17) is 4.42 Å². The number of carbonyl (C=O) groups is 1. The maximum absolute atomic E-state index is 11.7. The van der Waals surface area contributed by atoms with Gasteiger partial charge in [0.25, 0.3) is 6.01 Å². The fourth-order valence-electron chi connectivity index (χ4n) is 2.08. The van der Waals surface area contributed by atoms with Gasteiger partial charge in [-0.25, -0.2) is 0 Å². The molecule has 19 heavy (non-hydrogen) atoms. The second-order valence-corrected chi connectivity index (χ2v) is 4.82. The predicted octanol–water partition coefficient (Wildman–Crippen LogP) is 1.27. The molecule has 3 N–H and O–H groups in total. The molecule has 1 saturated heterocycles. The molecule has 0 spiro atoms. The van der Waals surface area contributed by atoms with Crippen LogP contribution < -0.4 is 16.0 Å². The molecule has 0 aliphatic carbocycles. The molecule has 0 bridgehead atoms. The highest BCUT2D eigenvalue weighted by atomic mass is 16.4. The number of aromatic nitrogens is 1. The molecule has 6 nitrogen and oxygen atoms in total. The molecule has 1 fully saturated rings. The average Bonchev–Trinajstić information content (AvgIpc) is 2.78. The van der Waals surface area contributed by atoms with E-state index in [2.05, 4.69) is 20.9 Å². The first-order valence-electron chi connectivity index (χ1n) is 6.32. The summed E-state index contributed by atoms with van der Waals surface area (Å²) in [6.45, 7) is 3.87. The fourth-order valence-corrected chi connectivity index (χ4v) is 2.08. The van der Waals surface area contributed by atoms with Crippen LogP contribution in [0.15, 0.2) is 28.7 Å². The second kappa shape index (κ2) is 4.55. The van der Waals surface area contributed by atoms with E-state index in [1.54, 1.807) is 0 Å². The quantitative estimate of drug-likeness (QED) is 0.757. The van der Waals surface area contributed by atoms with E-state index in [0.717, 1.165) is 5.52 Å². The van der Waals surface area contributed by atoms with Crippen LogP contribution in [0.1, 0.15) is 13.8 Å². The lowest BCUT2D eigenvalue weighted by Gasteiger charge is -2.33. The minimum Gasteiger partial charge on any atom is -0.423 e. The lowest BCUT2D eigenvalue weighted by molar-refractivity contribution is -0.128. The third kappa shape index (κ3) is 2.26. The zero-order chi connectivity index (χ0) is 13.4. The molecule has 1 aromatic heterocycles. The van der Waals surface area contributed by atoms with Gasteiger partial charge in [-0.2, -0.15) is 4.98 Å². The molecule has 100 valence electrons. The summed E-state index contributed by atoms with van der Waals surface area (Å²) in [5.74, 6) is -0.0402. The number of nitrogens with zero attached hydrogens (tertiary/aromatic N) is 1. The Morgan fingerprint density at radius 2 is 2.11 bits per heavy atom. The number of nitrogens with one attached hydrogen (secondary N) is 3. The van der Waals surface area contributed by atoms with Crippen LogP contribution in [-0.2, 0) is 4.79 Å². The van der Waals surface area contributed by atoms with Gasteiger partial charge < -0.3 is 15.1 Å². The van der Waals surface area contributed by atoms with Crippen molar-refractivity contribution in [3.05, 3.63) is 24.3 Å². The van der Waals surface area contributed by atoms with Gasteiger partial charge in [0.2, 0.25) is 5.91 Å². The van der Waals surface area contributed by atoms with Crippen LogP contribution in [0.4, 0.5) is 6.01 Å². The number of anilines is 1. The van der Waals surface area contributed by atoms with E-state index in [9.17, 15) is 4.79 Å². The Morgan fingerprint density at radius 1 is 1.32 bits per heavy atom. The van der Waals surface area contributed by atoms with Gasteiger partial charge in [-0.1, -0.05) is 19.1 Å². The summed E-state index contributed by atoms with van der Waals surface area (Å²) >= 11 is 0. The molecule has 3 unspecified atom stereocenters. The van der Waals surface area contributed by atoms with Crippen molar-refractivity contribution in [2.45, 2.75) is 26.2 Å². The molecular weight excluding hydrogens is 244 g/mol. The molecule has 2 heterocycles. The number of benzene rings is 1. The summed E-state index contributed by atoms with van der Waals surface area (Å²) in [5, 5.41) is 9.11. The Kier molecular flexibility index (Phi) is 2.87. The van der Waals surface area contributed by atoms with Crippen LogP contribution in [0.25, 0.3) is 11.1 Å². The number of hydrogen-bond acceptors (Lipinski definition) is 5. The molecule has 1 aliphatic heterocycles. The molecular formula is C13H16N4O2. The van der Waals surface area contributed by atoms with Crippen LogP contribution in [0.5, 0.6) is 0 Å². The number of rotatable bonds is 2. The summed E-state index contributed by atoms with van der Waals surface area (Å²) in [5.41, 5.74) is 1.50. The number of amides is 1. The maximum atomic E-state index is 11.7. The highest BCUT2D eigenvalue weighted by Gasteiger charge is 2.30. The normalized spacial score (nSPS) is 27.3. The first-order valence-corrected chi connectivity index (χ1v) is 6.32. The molecule has 0 saturated carbocycles. The van der Waals surface area contributed by atoms with Gasteiger partial charge in [-0.15, -0.1) is 0 Å². The Balaban J connectivity index is 1.76. The second-order valence-electron chi connectivity index (χ2n) is 4.82. The van der Waals surface area contributed by atoms with Crippen molar-refractivity contribution in [2.24, 2.45) is 5.92 Å². The molecule has 6 heteroatoms. The summed E-state index contributed by atoms with van der Waals surface area (Å²) in [6.07, 6.45) is -0.369. The highest BCUT2D eigenvalue weighted by Crippen LogP contribution is 2.19. The van der Waals surface area contributed by atoms with Crippen LogP contribution in [0, 0.1) is 5.92 Å². The summed E-state index contributed by atoms with van der Waals surface area (Å²) < 4.78 is 5.55. The van der Waals surface area contributed by atoms with Crippen molar-refractivity contribution in [1.82, 2.24) is 15.6 Å². The lowest BCUT2D eigenvalue weighted by Crippen LogP contribution is -2.62. The SMILES string of the molecule is CC1NC(Nc2nc3ccccc3o2)NC(=O)C1C. The standard InChI is InChI=1S/C13H16N4O2/c1-7-8(2)14-12(16-11(7)18)17-13-15-9-5-3-4-6-10(9)19-13/h3-8,12,14H,1-2H3,(H,15,17)(H,16,18). The molecule has 2 aromatic rings. The number of carbonyl (C=O) groups excluding carboxylic acids is 1. The lowest BCUT2D eigenvalue weighted by atomic mass is 10.0. The van der Waals surface area contributed by atoms with E-state index in [-0.39, 0.29) is 24.2 Å². The monoisotopic (exact) mass is 260 g/mol. The third-order valence-corrected chi connectivity index (χ3v) is 3.44. The Morgan fingerprint density at radius 3 is 2.84 bits per heavy atom. The minimum atomic E-state index is -0.369. The van der Waals surface area contributed by atoms with Gasteiger partial charge >= 0.3 is 0 Å². The molecule has 3 atom stereocenters. The van der Waals surface area contributed by atoms with Gasteiger partial charge in [0.05, 0.1) is 5.92 Å². The highest BCUT2D eigenvalue weighted by molar-refractivity contribution is 5.80. The number of fused-ring (bicyclic) bond motifs is 1. The maximum Gasteiger partial charge on any atom is 0.298 e. The van der Waals surface area contributed by atoms with Gasteiger partial charge in [-0.3, -0.25) is 10.1 Å². The molecule has 1 amide bonds. The topological polar surface area (TPSA) is 79.2 Å². The van der Waals surface area contributed by atoms with E-state index in [1.165, 1.54) is 0 Å². The summed E-state index contributed by atoms with van der Waals surface area (Å²) in [7, 11) is 0. The largest absolute Gasteiger partial charge is 0.423 e. The van der Waals surface area contributed by atoms with Crippen molar-refractivity contribution >= 4 is 23.0 Å².